The molecule has 0 radical (unpaired) electrons. The zero-order valence-corrected chi connectivity index (χ0v) is 7.58. The van der Waals surface area contributed by atoms with Crippen LogP contribution in [0.2, 0.25) is 0 Å². The molecule has 1 rings (SSSR count). The Hall–Kier alpha value is -0.900. The first-order valence-corrected chi connectivity index (χ1v) is 4.64. The van der Waals surface area contributed by atoms with E-state index in [1.54, 1.807) is 0 Å². The quantitative estimate of drug-likeness (QED) is 0.640. The second kappa shape index (κ2) is 4.97. The molecule has 0 aromatic rings. The Kier molecular flexibility index (Phi) is 3.89. The van der Waals surface area contributed by atoms with E-state index >= 15 is 0 Å². The van der Waals surface area contributed by atoms with Gasteiger partial charge in [0, 0.05) is 18.9 Å². The van der Waals surface area contributed by atoms with Crippen LogP contribution in [0.1, 0.15) is 25.7 Å². The van der Waals surface area contributed by atoms with Gasteiger partial charge in [-0.25, -0.2) is 0 Å². The highest BCUT2D eigenvalue weighted by atomic mass is 16.3. The molecule has 1 aliphatic rings. The maximum absolute atomic E-state index is 11.2. The Morgan fingerprint density at radius 3 is 3.00 bits per heavy atom. The fourth-order valence-corrected chi connectivity index (χ4v) is 1.53. The minimum atomic E-state index is -0.408. The minimum Gasteiger partial charge on any atom is -0.389 e. The molecular weight excluding hydrogens is 170 g/mol. The summed E-state index contributed by atoms with van der Waals surface area (Å²) in [5, 5.41) is 11.2. The second-order valence-corrected chi connectivity index (χ2v) is 3.37. The minimum absolute atomic E-state index is 0.0238. The van der Waals surface area contributed by atoms with Crippen LogP contribution >= 0.6 is 0 Å². The molecule has 0 saturated carbocycles. The molecule has 1 amide bonds. The van der Waals surface area contributed by atoms with E-state index in [9.17, 15) is 9.59 Å². The van der Waals surface area contributed by atoms with Crippen molar-refractivity contribution in [1.29, 1.82) is 0 Å². The largest absolute Gasteiger partial charge is 0.389 e. The number of ketones is 1. The van der Waals surface area contributed by atoms with Crippen LogP contribution in [0, 0.1) is 5.92 Å². The van der Waals surface area contributed by atoms with Gasteiger partial charge in [0.25, 0.3) is 0 Å². The number of carbonyl (C=O) groups excluding carboxylic acids is 2. The highest BCUT2D eigenvalue weighted by molar-refractivity contribution is 5.82. The zero-order chi connectivity index (χ0) is 9.68. The number of hydrogen-bond acceptors (Lipinski definition) is 3. The predicted octanol–water partition coefficient (Wildman–Crippen LogP) is -0.146. The van der Waals surface area contributed by atoms with Gasteiger partial charge < -0.3 is 10.4 Å². The molecule has 0 spiro atoms. The van der Waals surface area contributed by atoms with Crippen molar-refractivity contribution in [3.05, 3.63) is 0 Å². The SMILES string of the molecule is O=C(CO)CC[C@@H]1CCCNC1=O. The van der Waals surface area contributed by atoms with Crippen molar-refractivity contribution in [3.8, 4) is 0 Å². The maximum atomic E-state index is 11.2. The lowest BCUT2D eigenvalue weighted by Crippen LogP contribution is -2.36. The summed E-state index contributed by atoms with van der Waals surface area (Å²) in [6.07, 6.45) is 2.74. The summed E-state index contributed by atoms with van der Waals surface area (Å²) in [6.45, 7) is 0.345. The fourth-order valence-electron chi connectivity index (χ4n) is 1.53. The maximum Gasteiger partial charge on any atom is 0.223 e. The third-order valence-corrected chi connectivity index (χ3v) is 2.35. The van der Waals surface area contributed by atoms with E-state index in [1.165, 1.54) is 0 Å². The van der Waals surface area contributed by atoms with Gasteiger partial charge in [-0.3, -0.25) is 9.59 Å². The van der Waals surface area contributed by atoms with E-state index in [4.69, 9.17) is 5.11 Å². The average Bonchev–Trinajstić information content (AvgIpc) is 2.16. The number of rotatable bonds is 4. The number of amides is 1. The van der Waals surface area contributed by atoms with E-state index < -0.39 is 6.61 Å². The normalized spacial score (nSPS) is 22.5. The van der Waals surface area contributed by atoms with Crippen LogP contribution in [0.3, 0.4) is 0 Å². The summed E-state index contributed by atoms with van der Waals surface area (Å²) in [7, 11) is 0. The third kappa shape index (κ3) is 3.14. The molecule has 1 aliphatic heterocycles. The number of nitrogens with one attached hydrogen (secondary N) is 1. The Bertz CT molecular complexity index is 203. The first kappa shape index (κ1) is 10.2. The number of aliphatic hydroxyl groups is 1. The standard InChI is InChI=1S/C9H15NO3/c11-6-8(12)4-3-7-2-1-5-10-9(7)13/h7,11H,1-6H2,(H,10,13)/t7-/m0/s1. The van der Waals surface area contributed by atoms with Crippen LogP contribution in [0.5, 0.6) is 0 Å². The average molecular weight is 185 g/mol. The Balaban J connectivity index is 2.26. The molecule has 13 heavy (non-hydrogen) atoms. The Labute approximate surface area is 77.3 Å². The van der Waals surface area contributed by atoms with Crippen LogP contribution in [0.4, 0.5) is 0 Å². The molecule has 1 atom stereocenters. The summed E-state index contributed by atoms with van der Waals surface area (Å²) in [5.41, 5.74) is 0. The van der Waals surface area contributed by atoms with Crippen molar-refractivity contribution in [3.63, 3.8) is 0 Å². The smallest absolute Gasteiger partial charge is 0.223 e. The van der Waals surface area contributed by atoms with Gasteiger partial charge >= 0.3 is 0 Å². The summed E-state index contributed by atoms with van der Waals surface area (Å²) < 4.78 is 0. The number of piperidine rings is 1. The summed E-state index contributed by atoms with van der Waals surface area (Å²) in [4.78, 5) is 22.0. The van der Waals surface area contributed by atoms with Crippen molar-refractivity contribution < 1.29 is 14.7 Å². The highest BCUT2D eigenvalue weighted by Gasteiger charge is 2.21. The Morgan fingerprint density at radius 2 is 2.38 bits per heavy atom. The molecule has 0 aliphatic carbocycles. The van der Waals surface area contributed by atoms with E-state index in [2.05, 4.69) is 5.32 Å². The van der Waals surface area contributed by atoms with Crippen molar-refractivity contribution in [2.45, 2.75) is 25.7 Å². The van der Waals surface area contributed by atoms with Gasteiger partial charge in [0.1, 0.15) is 6.61 Å². The zero-order valence-electron chi connectivity index (χ0n) is 7.58. The van der Waals surface area contributed by atoms with E-state index in [-0.39, 0.29) is 17.6 Å². The van der Waals surface area contributed by atoms with Crippen LogP contribution < -0.4 is 5.32 Å². The fraction of sp³-hybridized carbons (Fsp3) is 0.778. The topological polar surface area (TPSA) is 66.4 Å². The molecule has 1 fully saturated rings. The first-order chi connectivity index (χ1) is 6.24. The number of aliphatic hydroxyl groups excluding tert-OH is 1. The summed E-state index contributed by atoms with van der Waals surface area (Å²) in [5.74, 6) is -0.153. The molecule has 74 valence electrons. The molecule has 4 heteroatoms. The monoisotopic (exact) mass is 185 g/mol. The molecule has 0 aromatic carbocycles. The molecule has 1 heterocycles. The molecule has 1 saturated heterocycles. The van der Waals surface area contributed by atoms with Crippen molar-refractivity contribution in [2.75, 3.05) is 13.2 Å². The molecule has 2 N–H and O–H groups in total. The van der Waals surface area contributed by atoms with Gasteiger partial charge in [-0.05, 0) is 19.3 Å². The van der Waals surface area contributed by atoms with Crippen molar-refractivity contribution >= 4 is 11.7 Å². The summed E-state index contributed by atoms with van der Waals surface area (Å²) in [6, 6.07) is 0. The lowest BCUT2D eigenvalue weighted by atomic mass is 9.93. The van der Waals surface area contributed by atoms with Crippen molar-refractivity contribution in [1.82, 2.24) is 5.32 Å². The van der Waals surface area contributed by atoms with Crippen LogP contribution in [0.15, 0.2) is 0 Å². The molecule has 4 nitrogen and oxygen atoms in total. The van der Waals surface area contributed by atoms with Crippen LogP contribution in [0.25, 0.3) is 0 Å². The van der Waals surface area contributed by atoms with E-state index in [1.807, 2.05) is 0 Å². The van der Waals surface area contributed by atoms with Gasteiger partial charge in [0.2, 0.25) is 5.91 Å². The van der Waals surface area contributed by atoms with E-state index in [0.717, 1.165) is 19.4 Å². The number of Topliss-reactive ketones (excluding diaryl/α,β-unsaturated/α-hetero) is 1. The van der Waals surface area contributed by atoms with Crippen molar-refractivity contribution in [2.24, 2.45) is 5.92 Å². The predicted molar refractivity (Wildman–Crippen MR) is 47.1 cm³/mol. The molecule has 0 unspecified atom stereocenters. The van der Waals surface area contributed by atoms with Gasteiger partial charge in [-0.2, -0.15) is 0 Å². The lowest BCUT2D eigenvalue weighted by molar-refractivity contribution is -0.127. The van der Waals surface area contributed by atoms with Crippen LogP contribution in [-0.4, -0.2) is 29.9 Å². The molecular formula is C9H15NO3. The lowest BCUT2D eigenvalue weighted by Gasteiger charge is -2.21. The van der Waals surface area contributed by atoms with Crippen LogP contribution in [-0.2, 0) is 9.59 Å². The van der Waals surface area contributed by atoms with Gasteiger partial charge in [-0.15, -0.1) is 0 Å². The first-order valence-electron chi connectivity index (χ1n) is 4.64. The highest BCUT2D eigenvalue weighted by Crippen LogP contribution is 2.16. The molecule has 0 aromatic heterocycles. The number of hydrogen-bond donors (Lipinski definition) is 2. The second-order valence-electron chi connectivity index (χ2n) is 3.37. The summed E-state index contributed by atoms with van der Waals surface area (Å²) >= 11 is 0. The van der Waals surface area contributed by atoms with Gasteiger partial charge in [0.05, 0.1) is 0 Å². The third-order valence-electron chi connectivity index (χ3n) is 2.35. The number of carbonyl (C=O) groups is 2. The Morgan fingerprint density at radius 1 is 1.62 bits per heavy atom. The molecule has 0 bridgehead atoms. The van der Waals surface area contributed by atoms with Gasteiger partial charge in [0.15, 0.2) is 5.78 Å². The van der Waals surface area contributed by atoms with Gasteiger partial charge in [-0.1, -0.05) is 0 Å². The van der Waals surface area contributed by atoms with E-state index in [0.29, 0.717) is 12.8 Å².